The second-order valence-corrected chi connectivity index (χ2v) is 14.6. The zero-order chi connectivity index (χ0) is 31.7. The number of halogens is 3. The van der Waals surface area contributed by atoms with Gasteiger partial charge in [0.1, 0.15) is 41.4 Å². The molecule has 2 aromatic heterocycles. The van der Waals surface area contributed by atoms with Gasteiger partial charge in [-0.2, -0.15) is 21.7 Å². The number of nitrogens with zero attached hydrogens (tertiary/aromatic N) is 5. The van der Waals surface area contributed by atoms with E-state index < -0.39 is 23.3 Å². The van der Waals surface area contributed by atoms with Gasteiger partial charge in [0, 0.05) is 43.1 Å². The Morgan fingerprint density at radius 2 is 1.91 bits per heavy atom. The van der Waals surface area contributed by atoms with E-state index in [0.29, 0.717) is 69.6 Å². The zero-order valence-electron chi connectivity index (χ0n) is 26.1. The number of hydrogen-bond acceptors (Lipinski definition) is 8. The molecular formula is C35H38F3N5O2S. The highest BCUT2D eigenvalue weighted by molar-refractivity contribution is 7.99. The van der Waals surface area contributed by atoms with Crippen molar-refractivity contribution in [2.24, 2.45) is 11.8 Å². The second-order valence-electron chi connectivity index (χ2n) is 13.6. The molecular weight excluding hydrogens is 611 g/mol. The fraction of sp³-hybridized carbons (Fsp3) is 0.514. The van der Waals surface area contributed by atoms with E-state index in [1.807, 2.05) is 18.7 Å². The highest BCUT2D eigenvalue weighted by atomic mass is 32.2. The Balaban J connectivity index is 1.26. The first kappa shape index (κ1) is 30.1. The molecule has 1 N–H and O–H groups in total. The summed E-state index contributed by atoms with van der Waals surface area (Å²) in [5.41, 5.74) is 0.355. The van der Waals surface area contributed by atoms with Crippen molar-refractivity contribution in [1.29, 1.82) is 0 Å². The summed E-state index contributed by atoms with van der Waals surface area (Å²) in [4.78, 5) is 18.5. The van der Waals surface area contributed by atoms with Crippen LogP contribution in [0.2, 0.25) is 0 Å². The van der Waals surface area contributed by atoms with E-state index in [9.17, 15) is 13.9 Å². The summed E-state index contributed by atoms with van der Waals surface area (Å²) in [6.45, 7) is 4.91. The maximum Gasteiger partial charge on any atom is 0.319 e. The Morgan fingerprint density at radius 1 is 1.11 bits per heavy atom. The standard InChI is InChI=1S/C35H38F3N5O2S/c1-3-24-27(37)8-7-19-11-23(44)12-25(28(19)24)30-29(38)31-26(14-39-30)33(42-15-20-5-6-21(16-42)32(20)46-2)41-34(40-31)45-18-35-9-4-10-43(35)17-22(36)13-35/h7-8,11-12,14,20-22,32,44H,3-6,9-10,13,15-18H2,1-2H3/t20?,21?,22-,32?,35+/m1/s1. The van der Waals surface area contributed by atoms with Gasteiger partial charge < -0.3 is 14.7 Å². The topological polar surface area (TPSA) is 74.6 Å². The second kappa shape index (κ2) is 11.4. The summed E-state index contributed by atoms with van der Waals surface area (Å²) in [6, 6.07) is 5.99. The largest absolute Gasteiger partial charge is 0.508 e. The number of piperidine rings is 1. The Hall–Kier alpha value is -3.31. The van der Waals surface area contributed by atoms with Crippen molar-refractivity contribution in [2.75, 3.05) is 43.9 Å². The van der Waals surface area contributed by atoms with E-state index in [1.54, 1.807) is 18.3 Å². The van der Waals surface area contributed by atoms with Crippen LogP contribution in [0.25, 0.3) is 32.9 Å². The van der Waals surface area contributed by atoms with Crippen molar-refractivity contribution in [1.82, 2.24) is 19.9 Å². The molecule has 3 aliphatic heterocycles. The highest BCUT2D eigenvalue weighted by Gasteiger charge is 2.49. The van der Waals surface area contributed by atoms with Crippen LogP contribution in [0, 0.1) is 23.5 Å². The summed E-state index contributed by atoms with van der Waals surface area (Å²) in [5, 5.41) is 12.8. The third-order valence-electron chi connectivity index (χ3n) is 11.0. The highest BCUT2D eigenvalue weighted by Crippen LogP contribution is 2.46. The lowest BCUT2D eigenvalue weighted by Gasteiger charge is -2.38. The number of alkyl halides is 1. The number of aromatic nitrogens is 3. The van der Waals surface area contributed by atoms with E-state index in [4.69, 9.17) is 9.72 Å². The van der Waals surface area contributed by atoms with E-state index >= 15 is 4.39 Å². The lowest BCUT2D eigenvalue weighted by atomic mass is 9.94. The molecule has 4 aromatic rings. The van der Waals surface area contributed by atoms with Gasteiger partial charge in [0.25, 0.3) is 0 Å². The Bertz CT molecular complexity index is 1830. The normalized spacial score (nSPS) is 27.6. The molecule has 2 bridgehead atoms. The van der Waals surface area contributed by atoms with Gasteiger partial charge in [0.15, 0.2) is 5.82 Å². The van der Waals surface area contributed by atoms with Crippen molar-refractivity contribution in [3.05, 3.63) is 47.7 Å². The summed E-state index contributed by atoms with van der Waals surface area (Å²) < 4.78 is 52.7. The lowest BCUT2D eigenvalue weighted by molar-refractivity contribution is 0.107. The van der Waals surface area contributed by atoms with Gasteiger partial charge in [-0.1, -0.05) is 13.0 Å². The number of hydrogen-bond donors (Lipinski definition) is 1. The number of anilines is 1. The molecule has 1 aliphatic carbocycles. The van der Waals surface area contributed by atoms with Crippen molar-refractivity contribution in [3.8, 4) is 23.0 Å². The Labute approximate surface area is 270 Å². The van der Waals surface area contributed by atoms with Crippen LogP contribution in [0.5, 0.6) is 11.8 Å². The number of rotatable bonds is 7. The average Bonchev–Trinajstić information content (AvgIpc) is 3.65. The van der Waals surface area contributed by atoms with Gasteiger partial charge in [-0.05, 0) is 91.3 Å². The number of ether oxygens (including phenoxy) is 1. The number of pyridine rings is 1. The van der Waals surface area contributed by atoms with Crippen LogP contribution in [-0.2, 0) is 6.42 Å². The first-order valence-electron chi connectivity index (χ1n) is 16.4. The molecule has 11 heteroatoms. The first-order chi connectivity index (χ1) is 22.3. The SMILES string of the molecule is CCc1c(F)ccc2cc(O)cc(-c3ncc4c(N5CC6CCC(C5)C6SC)nc(OC[C@@]56CCCN5C[C@H](F)C6)nc4c3F)c12. The number of thioether (sulfide) groups is 1. The molecule has 1 saturated carbocycles. The van der Waals surface area contributed by atoms with E-state index in [0.717, 1.165) is 45.3 Å². The summed E-state index contributed by atoms with van der Waals surface area (Å²) >= 11 is 1.93. The molecule has 0 radical (unpaired) electrons. The fourth-order valence-electron chi connectivity index (χ4n) is 8.93. The number of fused-ring (bicyclic) bond motifs is 5. The Morgan fingerprint density at radius 3 is 2.67 bits per heavy atom. The fourth-order valence-corrected chi connectivity index (χ4v) is 10.1. The quantitative estimate of drug-likeness (QED) is 0.231. The average molecular weight is 650 g/mol. The molecule has 0 amide bonds. The number of phenolic OH excluding ortho intramolecular Hbond substituents is 1. The van der Waals surface area contributed by atoms with Gasteiger partial charge in [0.2, 0.25) is 0 Å². The monoisotopic (exact) mass is 649 g/mol. The van der Waals surface area contributed by atoms with Crippen LogP contribution in [0.4, 0.5) is 19.0 Å². The molecule has 4 fully saturated rings. The molecule has 0 spiro atoms. The third kappa shape index (κ3) is 4.79. The number of aryl methyl sites for hydroxylation is 1. The molecule has 2 aromatic carbocycles. The summed E-state index contributed by atoms with van der Waals surface area (Å²) in [6.07, 6.45) is 7.78. The van der Waals surface area contributed by atoms with Gasteiger partial charge in [-0.15, -0.1) is 0 Å². The van der Waals surface area contributed by atoms with Gasteiger partial charge in [-0.25, -0.2) is 13.2 Å². The van der Waals surface area contributed by atoms with Crippen LogP contribution < -0.4 is 9.64 Å². The van der Waals surface area contributed by atoms with Crippen molar-refractivity contribution in [3.63, 3.8) is 0 Å². The minimum absolute atomic E-state index is 0.0258. The smallest absolute Gasteiger partial charge is 0.319 e. The van der Waals surface area contributed by atoms with Crippen LogP contribution in [0.1, 0.15) is 44.6 Å². The molecule has 7 nitrogen and oxygen atoms in total. The van der Waals surface area contributed by atoms with Gasteiger partial charge >= 0.3 is 6.01 Å². The number of aromatic hydroxyl groups is 1. The third-order valence-corrected chi connectivity index (χ3v) is 12.3. The molecule has 2 unspecified atom stereocenters. The zero-order valence-corrected chi connectivity index (χ0v) is 26.9. The Kier molecular flexibility index (Phi) is 7.47. The van der Waals surface area contributed by atoms with Gasteiger partial charge in [0.05, 0.1) is 10.9 Å². The maximum atomic E-state index is 16.9. The molecule has 4 atom stereocenters. The minimum Gasteiger partial charge on any atom is -0.508 e. The van der Waals surface area contributed by atoms with Crippen LogP contribution >= 0.6 is 11.8 Å². The summed E-state index contributed by atoms with van der Waals surface area (Å²) in [5.74, 6) is 0.455. The predicted molar refractivity (Wildman–Crippen MR) is 176 cm³/mol. The lowest BCUT2D eigenvalue weighted by Crippen LogP contribution is -2.44. The minimum atomic E-state index is -0.897. The predicted octanol–water partition coefficient (Wildman–Crippen LogP) is 6.92. The first-order valence-corrected chi connectivity index (χ1v) is 17.7. The van der Waals surface area contributed by atoms with Crippen molar-refractivity contribution < 1.29 is 23.0 Å². The molecule has 5 heterocycles. The van der Waals surface area contributed by atoms with E-state index in [-0.39, 0.29) is 29.6 Å². The van der Waals surface area contributed by atoms with Crippen molar-refractivity contribution in [2.45, 2.75) is 62.4 Å². The molecule has 242 valence electrons. The van der Waals surface area contributed by atoms with Crippen molar-refractivity contribution >= 4 is 39.3 Å². The van der Waals surface area contributed by atoms with Crippen LogP contribution in [-0.4, -0.2) is 81.0 Å². The molecule has 8 rings (SSSR count). The molecule has 4 aliphatic rings. The van der Waals surface area contributed by atoms with E-state index in [2.05, 4.69) is 26.0 Å². The van der Waals surface area contributed by atoms with Gasteiger partial charge in [-0.3, -0.25) is 9.88 Å². The molecule has 3 saturated heterocycles. The van der Waals surface area contributed by atoms with Crippen LogP contribution in [0.3, 0.4) is 0 Å². The maximum absolute atomic E-state index is 16.9. The number of phenols is 1. The van der Waals surface area contributed by atoms with Crippen LogP contribution in [0.15, 0.2) is 30.5 Å². The molecule has 46 heavy (non-hydrogen) atoms. The van der Waals surface area contributed by atoms with E-state index in [1.165, 1.54) is 12.1 Å². The number of benzene rings is 2. The summed E-state index contributed by atoms with van der Waals surface area (Å²) in [7, 11) is 0.